The molecule has 24 nitrogen and oxygen atoms in total. The number of anilines is 10. The Morgan fingerprint density at radius 1 is 0.380 bits per heavy atom. The minimum atomic E-state index is -0.497. The number of Topliss-reactive ketones (excluding diaryl/α,β-unsaturated/α-hetero) is 5. The summed E-state index contributed by atoms with van der Waals surface area (Å²) in [5, 5.41) is 7.24. The van der Waals surface area contributed by atoms with Crippen LogP contribution in [0.15, 0.2) is 242 Å². The fraction of sp³-hybridized carbons (Fsp3) is 0.169. The third-order valence-corrected chi connectivity index (χ3v) is 21.5. The van der Waals surface area contributed by atoms with E-state index >= 15 is 0 Å². The molecule has 10 aromatic heterocycles. The number of carbonyl (C=O) groups excluding carboxylic acids is 5. The molecule has 0 aliphatic heterocycles. The molecule has 0 unspecified atom stereocenters. The summed E-state index contributed by atoms with van der Waals surface area (Å²) in [6.07, 6.45) is 28.4. The van der Waals surface area contributed by atoms with Crippen molar-refractivity contribution in [3.8, 4) is 0 Å². The van der Waals surface area contributed by atoms with Gasteiger partial charge in [0.2, 0.25) is 5.89 Å². The van der Waals surface area contributed by atoms with Gasteiger partial charge in [-0.3, -0.25) is 38.9 Å². The predicted octanol–water partition coefficient (Wildman–Crippen LogP) is 19.6. The molecule has 15 rings (SSSR count). The summed E-state index contributed by atoms with van der Waals surface area (Å²) in [4.78, 5) is 126. The van der Waals surface area contributed by atoms with Gasteiger partial charge in [-0.05, 0) is 161 Å². The van der Waals surface area contributed by atoms with Crippen molar-refractivity contribution in [2.24, 2.45) is 0 Å². The van der Waals surface area contributed by atoms with Crippen molar-refractivity contribution in [2.75, 3.05) is 59.7 Å². The van der Waals surface area contributed by atoms with Crippen LogP contribution in [0.25, 0.3) is 0 Å². The van der Waals surface area contributed by atoms with Crippen molar-refractivity contribution < 1.29 is 41.6 Å². The third-order valence-electron chi connectivity index (χ3n) is 18.3. The Kier molecular flexibility index (Phi) is 30.9. The van der Waals surface area contributed by atoms with Crippen molar-refractivity contribution in [2.45, 2.75) is 66.7 Å². The molecule has 121 heavy (non-hydrogen) atoms. The van der Waals surface area contributed by atoms with Crippen LogP contribution in [0.1, 0.15) is 106 Å². The maximum Gasteiger partial charge on any atom is 0.202 e. The number of oxazole rings is 1. The zero-order valence-electron chi connectivity index (χ0n) is 67.2. The van der Waals surface area contributed by atoms with Gasteiger partial charge in [-0.2, -0.15) is 0 Å². The van der Waals surface area contributed by atoms with Gasteiger partial charge in [-0.1, -0.05) is 29.3 Å². The van der Waals surface area contributed by atoms with E-state index in [1.54, 1.807) is 154 Å². The largest absolute Gasteiger partial charge is 0.448 e. The Bertz CT molecular complexity index is 5880. The van der Waals surface area contributed by atoms with E-state index in [4.69, 9.17) is 27.6 Å². The van der Waals surface area contributed by atoms with Gasteiger partial charge in [0.05, 0.1) is 115 Å². The van der Waals surface area contributed by atoms with Crippen LogP contribution in [0.4, 0.5) is 70.0 Å². The quantitative estimate of drug-likeness (QED) is 0.0480. The molecule has 0 atom stereocenters. The number of pyridine rings is 3. The number of ketones is 5. The van der Waals surface area contributed by atoms with Crippen LogP contribution in [-0.2, 0) is 32.1 Å². The third kappa shape index (κ3) is 25.6. The molecule has 0 saturated heterocycles. The standard InChI is InChI=1S/C19H17FN4O.C18H16ClN3OS.C18H17FN4OS.C17H14ClN3OS.C17H15FN4O2/c1-13-3-14(9-21-8-13)4-19(25)15-5-16(20)7-17(6-15)24(2)18-10-22-12-23-11-18;1-12-11-24-18(21-12)9-17(23)13-6-14(19)8-16(7-13)22(2)15-4-3-5-20-10-15;1-11-12(2)25-18(22-11)7-17(24)13-4-14(19)6-15(5-13)23(3)16-8-20-10-21-9-16;1-21(14-3-2-4-19-11-14)15-8-12(7-13(18)9-15)16(22)10-17-20-5-6-23-17;1-11-9-24-17(21-11)6-16(23)12-3-13(18)5-14(4-12)22(2)15-7-19-10-20-8-15/h3,5-12H,4H2,1-2H3;3-8,10-11H,9H2,1-2H3;4-6,8-10H,7H2,1-3H3;2-9,11H,10H2,1H3;3-5,7-10H,6H2,1-2H3. The fourth-order valence-corrected chi connectivity index (χ4v) is 14.5. The number of aromatic nitrogens is 13. The highest BCUT2D eigenvalue weighted by atomic mass is 35.5. The van der Waals surface area contributed by atoms with Gasteiger partial charge in [-0.25, -0.2) is 63.0 Å². The summed E-state index contributed by atoms with van der Waals surface area (Å²) in [5.41, 5.74) is 13.7. The average Bonchev–Trinajstić information content (AvgIpc) is 1.46. The summed E-state index contributed by atoms with van der Waals surface area (Å²) < 4.78 is 47.2. The maximum atomic E-state index is 14.0. The fourth-order valence-electron chi connectivity index (χ4n) is 11.8. The van der Waals surface area contributed by atoms with Gasteiger partial charge < -0.3 is 28.9 Å². The van der Waals surface area contributed by atoms with Crippen LogP contribution in [0, 0.1) is 52.1 Å². The Labute approximate surface area is 718 Å². The van der Waals surface area contributed by atoms with Crippen LogP contribution < -0.4 is 24.5 Å². The van der Waals surface area contributed by atoms with E-state index in [-0.39, 0.29) is 66.6 Å². The van der Waals surface area contributed by atoms with E-state index in [0.29, 0.717) is 78.0 Å². The number of aryl methyl sites for hydroxylation is 5. The lowest BCUT2D eigenvalue weighted by atomic mass is 10.0. The number of nitrogens with zero attached hydrogens (tertiary/aromatic N) is 18. The molecule has 10 heterocycles. The second kappa shape index (κ2) is 42.3. The van der Waals surface area contributed by atoms with E-state index in [9.17, 15) is 37.1 Å². The number of hydrogen-bond acceptors (Lipinski definition) is 27. The van der Waals surface area contributed by atoms with E-state index in [0.717, 1.165) is 65.2 Å². The molecule has 0 aliphatic rings. The molecule has 0 radical (unpaired) electrons. The van der Waals surface area contributed by atoms with E-state index < -0.39 is 17.5 Å². The first-order valence-electron chi connectivity index (χ1n) is 37.1. The van der Waals surface area contributed by atoms with Crippen LogP contribution in [0.3, 0.4) is 0 Å². The molecule has 0 spiro atoms. The zero-order valence-corrected chi connectivity index (χ0v) is 71.1. The minimum absolute atomic E-state index is 0.00304. The highest BCUT2D eigenvalue weighted by Crippen LogP contribution is 2.33. The molecule has 5 aromatic carbocycles. The highest BCUT2D eigenvalue weighted by Gasteiger charge is 2.21. The van der Waals surface area contributed by atoms with Gasteiger partial charge in [0.25, 0.3) is 0 Å². The van der Waals surface area contributed by atoms with Crippen molar-refractivity contribution in [3.63, 3.8) is 0 Å². The molecule has 614 valence electrons. The molecule has 0 aliphatic carbocycles. The topological polar surface area (TPSA) is 282 Å². The van der Waals surface area contributed by atoms with Crippen LogP contribution in [-0.4, -0.2) is 129 Å². The molecular formula is C89H79Cl2F3N18O6S3. The monoisotopic (exact) mass is 1720 g/mol. The van der Waals surface area contributed by atoms with Crippen LogP contribution >= 0.6 is 57.2 Å². The number of rotatable bonds is 25. The normalized spacial score (nSPS) is 10.6. The first-order valence-corrected chi connectivity index (χ1v) is 40.4. The van der Waals surface area contributed by atoms with Crippen molar-refractivity contribution >= 4 is 143 Å². The van der Waals surface area contributed by atoms with Gasteiger partial charge in [0, 0.05) is 160 Å². The molecule has 32 heteroatoms. The van der Waals surface area contributed by atoms with E-state index in [1.807, 2.05) is 117 Å². The van der Waals surface area contributed by atoms with Crippen LogP contribution in [0.5, 0.6) is 0 Å². The summed E-state index contributed by atoms with van der Waals surface area (Å²) in [6.45, 7) is 9.49. The smallest absolute Gasteiger partial charge is 0.202 e. The molecule has 0 saturated carbocycles. The zero-order chi connectivity index (χ0) is 86.2. The van der Waals surface area contributed by atoms with Crippen LogP contribution in [0.2, 0.25) is 10.0 Å². The molecule has 0 fully saturated rings. The van der Waals surface area contributed by atoms with Gasteiger partial charge >= 0.3 is 0 Å². The highest BCUT2D eigenvalue weighted by molar-refractivity contribution is 7.11. The van der Waals surface area contributed by atoms with Gasteiger partial charge in [0.15, 0.2) is 28.9 Å². The SMILES string of the molecule is CN(c1cccnc1)c1cc(Cl)cc(C(=O)Cc2nccs2)c1.Cc1cncc(CC(=O)c2cc(F)cc(N(C)c3cncnc3)c2)c1.Cc1coc(CC(=O)c2cc(F)cc(N(C)c3cncnc3)c2)n1.Cc1csc(CC(=O)c2cc(Cl)cc(N(C)c3cccnc3)c2)n1.Cc1nc(CC(=O)c2cc(F)cc(N(C)c3cncnc3)c2)sc1C. The Hall–Kier alpha value is -13.4. The lowest BCUT2D eigenvalue weighted by molar-refractivity contribution is 0.0978. The maximum absolute atomic E-state index is 14.0. The van der Waals surface area contributed by atoms with Crippen molar-refractivity contribution in [3.05, 3.63) is 347 Å². The second-order valence-electron chi connectivity index (χ2n) is 27.3. The molecule has 0 N–H and O–H groups in total. The first kappa shape index (κ1) is 88.4. The lowest BCUT2D eigenvalue weighted by Gasteiger charge is -2.20. The summed E-state index contributed by atoms with van der Waals surface area (Å²) in [5.74, 6) is -1.69. The first-order chi connectivity index (χ1) is 58.1. The molecule has 0 bridgehead atoms. The number of thiazole rings is 3. The summed E-state index contributed by atoms with van der Waals surface area (Å²) in [7, 11) is 9.12. The Morgan fingerprint density at radius 2 is 0.785 bits per heavy atom. The van der Waals surface area contributed by atoms with Gasteiger partial charge in [0.1, 0.15) is 57.7 Å². The lowest BCUT2D eigenvalue weighted by Crippen LogP contribution is -2.12. The van der Waals surface area contributed by atoms with Crippen molar-refractivity contribution in [1.29, 1.82) is 0 Å². The number of benzene rings is 5. The molecule has 0 amide bonds. The number of hydrogen-bond donors (Lipinski definition) is 0. The number of halogens is 5. The average molecular weight is 1720 g/mol. The molecular weight excluding hydrogens is 1640 g/mol. The van der Waals surface area contributed by atoms with Gasteiger partial charge in [-0.15, -0.1) is 34.0 Å². The second-order valence-corrected chi connectivity index (χ2v) is 31.4. The summed E-state index contributed by atoms with van der Waals surface area (Å²) in [6, 6.07) is 33.1. The van der Waals surface area contributed by atoms with E-state index in [1.165, 1.54) is 95.7 Å². The number of carbonyl (C=O) groups is 5. The Balaban J connectivity index is 0.000000148. The van der Waals surface area contributed by atoms with Crippen molar-refractivity contribution in [1.82, 2.24) is 64.8 Å². The minimum Gasteiger partial charge on any atom is -0.448 e. The predicted molar refractivity (Wildman–Crippen MR) is 468 cm³/mol. The molecule has 15 aromatic rings. The Morgan fingerprint density at radius 3 is 1.17 bits per heavy atom. The summed E-state index contributed by atoms with van der Waals surface area (Å²) >= 11 is 16.9. The van der Waals surface area contributed by atoms with E-state index in [2.05, 4.69) is 64.8 Å².